The van der Waals surface area contributed by atoms with Crippen LogP contribution in [0.25, 0.3) is 5.70 Å². The van der Waals surface area contributed by atoms with E-state index in [1.54, 1.807) is 18.9 Å². The van der Waals surface area contributed by atoms with Crippen molar-refractivity contribution >= 4 is 11.6 Å². The van der Waals surface area contributed by atoms with E-state index in [0.717, 1.165) is 41.2 Å². The molecule has 0 radical (unpaired) electrons. The number of hydrogen-bond donors (Lipinski definition) is 1. The van der Waals surface area contributed by atoms with Crippen LogP contribution in [0.4, 0.5) is 0 Å². The average molecular weight is 344 g/mol. The van der Waals surface area contributed by atoms with Crippen molar-refractivity contribution in [2.24, 2.45) is 0 Å². The van der Waals surface area contributed by atoms with E-state index >= 15 is 0 Å². The van der Waals surface area contributed by atoms with E-state index < -0.39 is 0 Å². The number of ether oxygens (including phenoxy) is 2. The number of hydrogen-bond acceptors (Lipinski definition) is 5. The van der Waals surface area contributed by atoms with Gasteiger partial charge in [-0.2, -0.15) is 0 Å². The molecule has 1 atom stereocenters. The zero-order valence-electron chi connectivity index (χ0n) is 14.7. The molecule has 2 aliphatic heterocycles. The number of likely N-dealkylation sites (tertiary alicyclic amines) is 1. The summed E-state index contributed by atoms with van der Waals surface area (Å²) in [7, 11) is 1.66. The van der Waals surface area contributed by atoms with E-state index in [4.69, 9.17) is 14.3 Å². The number of benzene rings is 1. The maximum absolute atomic E-state index is 11.6. The Morgan fingerprint density at radius 2 is 2.08 bits per heavy atom. The predicted octanol–water partition coefficient (Wildman–Crippen LogP) is 2.49. The molecule has 2 heterocycles. The van der Waals surface area contributed by atoms with Crippen molar-refractivity contribution < 1.29 is 19.1 Å². The molecule has 6 nitrogen and oxygen atoms in total. The van der Waals surface area contributed by atoms with Gasteiger partial charge in [0.25, 0.3) is 0 Å². The SMILES string of the molecule is COc1ccc(C2=C3CN(C(C)=O)CC3ON2)cc1OC1CCCC1. The Kier molecular flexibility index (Phi) is 4.29. The number of methoxy groups -OCH3 is 1. The molecule has 0 spiro atoms. The van der Waals surface area contributed by atoms with Gasteiger partial charge in [0.15, 0.2) is 11.5 Å². The quantitative estimate of drug-likeness (QED) is 0.909. The molecule has 1 saturated heterocycles. The van der Waals surface area contributed by atoms with Crippen molar-refractivity contribution in [1.29, 1.82) is 0 Å². The molecular weight excluding hydrogens is 320 g/mol. The second-order valence-corrected chi connectivity index (χ2v) is 6.90. The highest BCUT2D eigenvalue weighted by atomic mass is 16.7. The molecule has 6 heteroatoms. The van der Waals surface area contributed by atoms with Crippen LogP contribution in [0.2, 0.25) is 0 Å². The fourth-order valence-corrected chi connectivity index (χ4v) is 3.82. The monoisotopic (exact) mass is 344 g/mol. The van der Waals surface area contributed by atoms with Crippen molar-refractivity contribution in [2.45, 2.75) is 44.8 Å². The van der Waals surface area contributed by atoms with Gasteiger partial charge in [-0.3, -0.25) is 15.1 Å². The lowest BCUT2D eigenvalue weighted by molar-refractivity contribution is -0.128. The van der Waals surface area contributed by atoms with Gasteiger partial charge in [-0.05, 0) is 43.9 Å². The molecule has 0 aromatic heterocycles. The average Bonchev–Trinajstić information content (AvgIpc) is 3.31. The molecule has 134 valence electrons. The van der Waals surface area contributed by atoms with Crippen LogP contribution < -0.4 is 15.0 Å². The molecule has 1 amide bonds. The van der Waals surface area contributed by atoms with E-state index in [2.05, 4.69) is 5.48 Å². The van der Waals surface area contributed by atoms with Gasteiger partial charge in [0, 0.05) is 24.6 Å². The highest BCUT2D eigenvalue weighted by molar-refractivity contribution is 5.77. The number of fused-ring (bicyclic) bond motifs is 1. The lowest BCUT2D eigenvalue weighted by atomic mass is 10.0. The minimum Gasteiger partial charge on any atom is -0.493 e. The lowest BCUT2D eigenvalue weighted by Crippen LogP contribution is -2.29. The summed E-state index contributed by atoms with van der Waals surface area (Å²) in [6, 6.07) is 5.94. The Hall–Kier alpha value is -2.21. The van der Waals surface area contributed by atoms with Crippen molar-refractivity contribution in [3.05, 3.63) is 29.3 Å². The lowest BCUT2D eigenvalue weighted by Gasteiger charge is -2.18. The molecule has 1 aliphatic carbocycles. The Morgan fingerprint density at radius 1 is 1.28 bits per heavy atom. The van der Waals surface area contributed by atoms with Crippen LogP contribution in [0.5, 0.6) is 11.5 Å². The van der Waals surface area contributed by atoms with Crippen molar-refractivity contribution in [3.8, 4) is 11.5 Å². The molecule has 0 bridgehead atoms. The summed E-state index contributed by atoms with van der Waals surface area (Å²) >= 11 is 0. The van der Waals surface area contributed by atoms with Crippen LogP contribution in [0.15, 0.2) is 23.8 Å². The third kappa shape index (κ3) is 3.06. The fourth-order valence-electron chi connectivity index (χ4n) is 3.82. The molecule has 2 fully saturated rings. The zero-order valence-corrected chi connectivity index (χ0v) is 14.7. The number of rotatable bonds is 4. The number of nitrogens with zero attached hydrogens (tertiary/aromatic N) is 1. The standard InChI is InChI=1S/C19H24N2O4/c1-12(22)21-10-15-18(11-21)25-20-19(15)13-7-8-16(23-2)17(9-13)24-14-5-3-4-6-14/h7-9,14,18,20H,3-6,10-11H2,1-2H3. The number of carbonyl (C=O) groups is 1. The summed E-state index contributed by atoms with van der Waals surface area (Å²) in [5.41, 5.74) is 6.09. The number of nitrogens with one attached hydrogen (secondary N) is 1. The summed E-state index contributed by atoms with van der Waals surface area (Å²) in [6.07, 6.45) is 4.83. The summed E-state index contributed by atoms with van der Waals surface area (Å²) in [5.74, 6) is 1.59. The predicted molar refractivity (Wildman–Crippen MR) is 93.1 cm³/mol. The van der Waals surface area contributed by atoms with Crippen LogP contribution in [-0.4, -0.2) is 43.2 Å². The van der Waals surface area contributed by atoms with Crippen molar-refractivity contribution in [3.63, 3.8) is 0 Å². The summed E-state index contributed by atoms with van der Waals surface area (Å²) in [6.45, 7) is 2.80. The third-order valence-corrected chi connectivity index (χ3v) is 5.25. The molecule has 1 aromatic carbocycles. The van der Waals surface area contributed by atoms with Gasteiger partial charge < -0.3 is 14.4 Å². The summed E-state index contributed by atoms with van der Waals surface area (Å²) in [5, 5.41) is 0. The fraction of sp³-hybridized carbons (Fsp3) is 0.526. The van der Waals surface area contributed by atoms with Crippen molar-refractivity contribution in [2.75, 3.05) is 20.2 Å². The van der Waals surface area contributed by atoms with Gasteiger partial charge in [-0.15, -0.1) is 0 Å². The zero-order chi connectivity index (χ0) is 17.4. The number of carbonyl (C=O) groups excluding carboxylic acids is 1. The Morgan fingerprint density at radius 3 is 2.80 bits per heavy atom. The van der Waals surface area contributed by atoms with Gasteiger partial charge in [0.2, 0.25) is 5.91 Å². The van der Waals surface area contributed by atoms with Gasteiger partial charge in [0.05, 0.1) is 25.5 Å². The normalized spacial score (nSPS) is 23.0. The van der Waals surface area contributed by atoms with E-state index in [1.807, 2.05) is 18.2 Å². The molecule has 1 unspecified atom stereocenters. The Balaban J connectivity index is 1.63. The smallest absolute Gasteiger partial charge is 0.219 e. The Bertz CT molecular complexity index is 709. The maximum Gasteiger partial charge on any atom is 0.219 e. The first-order valence-electron chi connectivity index (χ1n) is 8.91. The van der Waals surface area contributed by atoms with E-state index in [-0.39, 0.29) is 18.1 Å². The van der Waals surface area contributed by atoms with Gasteiger partial charge in [-0.1, -0.05) is 0 Å². The largest absolute Gasteiger partial charge is 0.493 e. The van der Waals surface area contributed by atoms with Crippen LogP contribution in [0.1, 0.15) is 38.2 Å². The molecule has 4 rings (SSSR count). The van der Waals surface area contributed by atoms with Gasteiger partial charge >= 0.3 is 0 Å². The molecular formula is C19H24N2O4. The summed E-state index contributed by atoms with van der Waals surface area (Å²) < 4.78 is 11.7. The number of hydroxylamine groups is 1. The minimum atomic E-state index is -0.0693. The van der Waals surface area contributed by atoms with Crippen LogP contribution >= 0.6 is 0 Å². The molecule has 1 saturated carbocycles. The van der Waals surface area contributed by atoms with Crippen LogP contribution in [0.3, 0.4) is 0 Å². The van der Waals surface area contributed by atoms with Crippen LogP contribution in [-0.2, 0) is 9.63 Å². The minimum absolute atomic E-state index is 0.0693. The van der Waals surface area contributed by atoms with E-state index in [9.17, 15) is 4.79 Å². The first kappa shape index (κ1) is 16.3. The van der Waals surface area contributed by atoms with Crippen LogP contribution in [0, 0.1) is 0 Å². The maximum atomic E-state index is 11.6. The van der Waals surface area contributed by atoms with E-state index in [0.29, 0.717) is 13.1 Å². The highest BCUT2D eigenvalue weighted by Crippen LogP contribution is 2.37. The van der Waals surface area contributed by atoms with E-state index in [1.165, 1.54) is 12.8 Å². The van der Waals surface area contributed by atoms with Gasteiger partial charge in [-0.25, -0.2) is 0 Å². The summed E-state index contributed by atoms with van der Waals surface area (Å²) in [4.78, 5) is 19.1. The molecule has 1 aromatic rings. The molecule has 1 N–H and O–H groups in total. The molecule has 25 heavy (non-hydrogen) atoms. The first-order valence-corrected chi connectivity index (χ1v) is 8.91. The first-order chi connectivity index (χ1) is 12.2. The van der Waals surface area contributed by atoms with Crippen molar-refractivity contribution in [1.82, 2.24) is 10.4 Å². The third-order valence-electron chi connectivity index (χ3n) is 5.25. The second kappa shape index (κ2) is 6.59. The Labute approximate surface area is 147 Å². The van der Waals surface area contributed by atoms with Gasteiger partial charge in [0.1, 0.15) is 6.10 Å². The topological polar surface area (TPSA) is 60.0 Å². The number of amides is 1. The molecule has 3 aliphatic rings. The second-order valence-electron chi connectivity index (χ2n) is 6.90. The highest BCUT2D eigenvalue weighted by Gasteiger charge is 2.37.